The molecule has 1 aliphatic heterocycles. The van der Waals surface area contributed by atoms with Gasteiger partial charge in [0.2, 0.25) is 0 Å². The van der Waals surface area contributed by atoms with Crippen LogP contribution < -0.4 is 5.73 Å². The highest BCUT2D eigenvalue weighted by atomic mass is 16.5. The molecule has 2 heterocycles. The van der Waals surface area contributed by atoms with Crippen molar-refractivity contribution in [3.8, 4) is 0 Å². The Morgan fingerprint density at radius 2 is 2.33 bits per heavy atom. The number of pyridine rings is 1. The summed E-state index contributed by atoms with van der Waals surface area (Å²) in [6.07, 6.45) is 7.66. The summed E-state index contributed by atoms with van der Waals surface area (Å²) in [5.41, 5.74) is 7.51. The Bertz CT molecular complexity index is 292. The molecule has 3 nitrogen and oxygen atoms in total. The van der Waals surface area contributed by atoms with Gasteiger partial charge in [0.15, 0.2) is 0 Å². The second-order valence-electron chi connectivity index (χ2n) is 4.37. The van der Waals surface area contributed by atoms with Crippen LogP contribution in [-0.4, -0.2) is 23.7 Å². The van der Waals surface area contributed by atoms with E-state index in [1.165, 1.54) is 5.56 Å². The zero-order valence-corrected chi connectivity index (χ0v) is 8.98. The fraction of sp³-hybridized carbons (Fsp3) is 0.583. The Hall–Kier alpha value is -0.930. The highest BCUT2D eigenvalue weighted by Gasteiger charge is 2.26. The summed E-state index contributed by atoms with van der Waals surface area (Å²) in [5, 5.41) is 0. The zero-order valence-electron chi connectivity index (χ0n) is 8.98. The van der Waals surface area contributed by atoms with E-state index in [1.807, 2.05) is 12.3 Å². The Labute approximate surface area is 90.7 Å². The molecule has 1 fully saturated rings. The molecule has 1 aliphatic rings. The van der Waals surface area contributed by atoms with Crippen molar-refractivity contribution in [2.45, 2.75) is 31.2 Å². The molecule has 1 aromatic heterocycles. The van der Waals surface area contributed by atoms with Crippen molar-refractivity contribution in [1.29, 1.82) is 0 Å². The Morgan fingerprint density at radius 3 is 3.13 bits per heavy atom. The van der Waals surface area contributed by atoms with E-state index < -0.39 is 0 Å². The van der Waals surface area contributed by atoms with Crippen LogP contribution in [0.1, 0.15) is 24.8 Å². The maximum Gasteiger partial charge on any atom is 0.0483 e. The van der Waals surface area contributed by atoms with Crippen LogP contribution in [0.3, 0.4) is 0 Å². The van der Waals surface area contributed by atoms with Gasteiger partial charge in [-0.2, -0.15) is 0 Å². The molecule has 3 heteroatoms. The van der Waals surface area contributed by atoms with E-state index in [1.54, 1.807) is 6.20 Å². The number of rotatable bonds is 2. The molecule has 2 N–H and O–H groups in total. The molecule has 82 valence electrons. The second kappa shape index (κ2) is 4.73. The molecule has 2 rings (SSSR count). The van der Waals surface area contributed by atoms with Gasteiger partial charge in [0, 0.05) is 31.1 Å². The molecule has 1 saturated heterocycles. The maximum absolute atomic E-state index is 6.38. The zero-order chi connectivity index (χ0) is 10.6. The number of nitrogens with zero attached hydrogens (tertiary/aromatic N) is 1. The summed E-state index contributed by atoms with van der Waals surface area (Å²) in [5.74, 6) is 0. The van der Waals surface area contributed by atoms with Crippen LogP contribution in [0.25, 0.3) is 0 Å². The summed E-state index contributed by atoms with van der Waals surface area (Å²) >= 11 is 0. The third kappa shape index (κ3) is 3.01. The van der Waals surface area contributed by atoms with Crippen LogP contribution in [-0.2, 0) is 11.2 Å². The fourth-order valence-corrected chi connectivity index (χ4v) is 2.11. The van der Waals surface area contributed by atoms with Crippen molar-refractivity contribution in [2.75, 3.05) is 13.2 Å². The van der Waals surface area contributed by atoms with E-state index in [4.69, 9.17) is 10.5 Å². The smallest absolute Gasteiger partial charge is 0.0483 e. The number of ether oxygens (including phenoxy) is 1. The molecular formula is C12H18N2O. The number of nitrogens with two attached hydrogens (primary N) is 1. The number of aromatic nitrogens is 1. The van der Waals surface area contributed by atoms with Crippen LogP contribution in [0.2, 0.25) is 0 Å². The lowest BCUT2D eigenvalue weighted by molar-refractivity contribution is 0.139. The highest BCUT2D eigenvalue weighted by molar-refractivity contribution is 5.13. The summed E-state index contributed by atoms with van der Waals surface area (Å²) in [7, 11) is 0. The van der Waals surface area contributed by atoms with E-state index in [-0.39, 0.29) is 5.54 Å². The van der Waals surface area contributed by atoms with Gasteiger partial charge in [-0.05, 0) is 37.3 Å². The molecule has 0 aromatic carbocycles. The van der Waals surface area contributed by atoms with Crippen molar-refractivity contribution in [1.82, 2.24) is 4.98 Å². The number of hydrogen-bond acceptors (Lipinski definition) is 3. The standard InChI is InChI=1S/C12H18N2O/c13-12(4-2-7-15-8-5-12)9-11-3-1-6-14-10-11/h1,3,6,10H,2,4-5,7-9,13H2. The Kier molecular flexibility index (Phi) is 3.34. The van der Waals surface area contributed by atoms with Crippen LogP contribution in [0.4, 0.5) is 0 Å². The minimum atomic E-state index is -0.0977. The van der Waals surface area contributed by atoms with Crippen molar-refractivity contribution in [3.05, 3.63) is 30.1 Å². The van der Waals surface area contributed by atoms with Crippen molar-refractivity contribution in [3.63, 3.8) is 0 Å². The molecule has 1 atom stereocenters. The van der Waals surface area contributed by atoms with E-state index in [9.17, 15) is 0 Å². The molecule has 1 unspecified atom stereocenters. The van der Waals surface area contributed by atoms with Gasteiger partial charge >= 0.3 is 0 Å². The van der Waals surface area contributed by atoms with Gasteiger partial charge in [-0.1, -0.05) is 6.07 Å². The fourth-order valence-electron chi connectivity index (χ4n) is 2.11. The minimum absolute atomic E-state index is 0.0977. The SMILES string of the molecule is NC1(Cc2cccnc2)CCCOCC1. The Balaban J connectivity index is 2.02. The third-order valence-corrected chi connectivity index (χ3v) is 2.99. The van der Waals surface area contributed by atoms with Crippen LogP contribution >= 0.6 is 0 Å². The molecule has 15 heavy (non-hydrogen) atoms. The summed E-state index contributed by atoms with van der Waals surface area (Å²) < 4.78 is 5.43. The van der Waals surface area contributed by atoms with Crippen LogP contribution in [0.15, 0.2) is 24.5 Å². The normalized spacial score (nSPS) is 27.3. The first-order valence-corrected chi connectivity index (χ1v) is 5.54. The molecular weight excluding hydrogens is 188 g/mol. The largest absolute Gasteiger partial charge is 0.381 e. The van der Waals surface area contributed by atoms with Crippen LogP contribution in [0.5, 0.6) is 0 Å². The van der Waals surface area contributed by atoms with Gasteiger partial charge in [0.1, 0.15) is 0 Å². The Morgan fingerprint density at radius 1 is 1.40 bits per heavy atom. The van der Waals surface area contributed by atoms with E-state index in [0.29, 0.717) is 0 Å². The second-order valence-corrected chi connectivity index (χ2v) is 4.37. The van der Waals surface area contributed by atoms with Gasteiger partial charge in [0.25, 0.3) is 0 Å². The van der Waals surface area contributed by atoms with Gasteiger partial charge in [-0.3, -0.25) is 4.98 Å². The first-order valence-electron chi connectivity index (χ1n) is 5.54. The van der Waals surface area contributed by atoms with Gasteiger partial charge in [0.05, 0.1) is 0 Å². The lowest BCUT2D eigenvalue weighted by Crippen LogP contribution is -2.42. The summed E-state index contributed by atoms with van der Waals surface area (Å²) in [6.45, 7) is 1.64. The highest BCUT2D eigenvalue weighted by Crippen LogP contribution is 2.22. The first kappa shape index (κ1) is 10.6. The van der Waals surface area contributed by atoms with Crippen LogP contribution in [0, 0.1) is 0 Å². The molecule has 0 bridgehead atoms. The minimum Gasteiger partial charge on any atom is -0.381 e. The molecule has 0 spiro atoms. The molecule has 0 saturated carbocycles. The first-order chi connectivity index (χ1) is 7.29. The lowest BCUT2D eigenvalue weighted by Gasteiger charge is -2.27. The summed E-state index contributed by atoms with van der Waals surface area (Å²) in [6, 6.07) is 4.05. The summed E-state index contributed by atoms with van der Waals surface area (Å²) in [4.78, 5) is 4.12. The van der Waals surface area contributed by atoms with Gasteiger partial charge < -0.3 is 10.5 Å². The topological polar surface area (TPSA) is 48.1 Å². The average molecular weight is 206 g/mol. The predicted molar refractivity (Wildman–Crippen MR) is 59.5 cm³/mol. The monoisotopic (exact) mass is 206 g/mol. The van der Waals surface area contributed by atoms with Crippen molar-refractivity contribution >= 4 is 0 Å². The molecule has 0 aliphatic carbocycles. The van der Waals surface area contributed by atoms with E-state index in [0.717, 1.165) is 38.9 Å². The quantitative estimate of drug-likeness (QED) is 0.798. The predicted octanol–water partition coefficient (Wildman–Crippen LogP) is 1.52. The van der Waals surface area contributed by atoms with Gasteiger partial charge in [-0.15, -0.1) is 0 Å². The molecule has 0 amide bonds. The molecule has 0 radical (unpaired) electrons. The maximum atomic E-state index is 6.38. The lowest BCUT2D eigenvalue weighted by atomic mass is 9.86. The van der Waals surface area contributed by atoms with Crippen molar-refractivity contribution < 1.29 is 4.74 Å². The average Bonchev–Trinajstić information content (AvgIpc) is 2.45. The third-order valence-electron chi connectivity index (χ3n) is 2.99. The van der Waals surface area contributed by atoms with Gasteiger partial charge in [-0.25, -0.2) is 0 Å². The van der Waals surface area contributed by atoms with E-state index in [2.05, 4.69) is 11.1 Å². The van der Waals surface area contributed by atoms with E-state index >= 15 is 0 Å². The van der Waals surface area contributed by atoms with Crippen molar-refractivity contribution in [2.24, 2.45) is 5.73 Å². The number of hydrogen-bond donors (Lipinski definition) is 1. The molecule has 1 aromatic rings.